The van der Waals surface area contributed by atoms with E-state index in [0.717, 1.165) is 24.2 Å². The molecule has 1 fully saturated rings. The van der Waals surface area contributed by atoms with E-state index >= 15 is 0 Å². The van der Waals surface area contributed by atoms with Crippen molar-refractivity contribution < 1.29 is 26.7 Å². The van der Waals surface area contributed by atoms with Crippen LogP contribution < -0.4 is 9.46 Å². The number of hydrogen-bond acceptors (Lipinski definition) is 5. The van der Waals surface area contributed by atoms with Crippen LogP contribution in [0, 0.1) is 0 Å². The molecule has 2 aromatic rings. The second kappa shape index (κ2) is 10.1. The van der Waals surface area contributed by atoms with Gasteiger partial charge < -0.3 is 9.47 Å². The molecule has 32 heavy (non-hydrogen) atoms. The summed E-state index contributed by atoms with van der Waals surface area (Å²) in [6.45, 7) is 0.0691. The SMILES string of the molecule is O=S(=O)(NCC(c1ccccc1)N1CCOCC1)C1=Cc2ccc(OC(F)F)cc2CC1. The van der Waals surface area contributed by atoms with Gasteiger partial charge >= 0.3 is 6.61 Å². The number of nitrogens with zero attached hydrogens (tertiary/aromatic N) is 1. The molecule has 172 valence electrons. The number of alkyl halides is 2. The van der Waals surface area contributed by atoms with E-state index in [1.807, 2.05) is 30.3 Å². The fourth-order valence-corrected chi connectivity index (χ4v) is 5.35. The highest BCUT2D eigenvalue weighted by atomic mass is 32.2. The standard InChI is InChI=1S/C23H26F2N2O4S/c24-23(25)31-20-8-6-19-15-21(9-7-18(19)14-20)32(28,29)26-16-22(17-4-2-1-3-5-17)27-10-12-30-13-11-27/h1-6,8,14-15,22-23,26H,7,9-13,16H2. The van der Waals surface area contributed by atoms with Crippen molar-refractivity contribution in [2.45, 2.75) is 25.5 Å². The third-order valence-corrected chi connectivity index (χ3v) is 7.34. The molecule has 2 aromatic carbocycles. The van der Waals surface area contributed by atoms with E-state index < -0.39 is 16.6 Å². The Morgan fingerprint density at radius 2 is 1.81 bits per heavy atom. The number of allylic oxidation sites excluding steroid dienone is 1. The van der Waals surface area contributed by atoms with Crippen LogP contribution in [0.15, 0.2) is 53.4 Å². The summed E-state index contributed by atoms with van der Waals surface area (Å²) in [6, 6.07) is 14.3. The van der Waals surface area contributed by atoms with E-state index in [2.05, 4.69) is 14.4 Å². The third-order valence-electron chi connectivity index (χ3n) is 5.78. The van der Waals surface area contributed by atoms with Crippen LogP contribution in [-0.4, -0.2) is 52.8 Å². The van der Waals surface area contributed by atoms with Crippen LogP contribution in [0.5, 0.6) is 5.75 Å². The Morgan fingerprint density at radius 1 is 1.06 bits per heavy atom. The smallest absolute Gasteiger partial charge is 0.387 e. The highest BCUT2D eigenvalue weighted by molar-refractivity contribution is 7.93. The van der Waals surface area contributed by atoms with Crippen molar-refractivity contribution in [3.05, 3.63) is 70.1 Å². The lowest BCUT2D eigenvalue weighted by molar-refractivity contribution is -0.0498. The minimum absolute atomic E-state index is 0.0767. The van der Waals surface area contributed by atoms with Crippen molar-refractivity contribution in [2.24, 2.45) is 0 Å². The average Bonchev–Trinajstić information content (AvgIpc) is 2.80. The summed E-state index contributed by atoms with van der Waals surface area (Å²) in [5, 5.41) is 0. The van der Waals surface area contributed by atoms with Crippen LogP contribution in [0.4, 0.5) is 8.78 Å². The summed E-state index contributed by atoms with van der Waals surface area (Å²) in [5.41, 5.74) is 2.54. The van der Waals surface area contributed by atoms with Crippen molar-refractivity contribution in [3.8, 4) is 5.75 Å². The van der Waals surface area contributed by atoms with Gasteiger partial charge in [0.1, 0.15) is 5.75 Å². The summed E-state index contributed by atoms with van der Waals surface area (Å²) in [7, 11) is -3.69. The molecule has 6 nitrogen and oxygen atoms in total. The van der Waals surface area contributed by atoms with Gasteiger partial charge in [-0.15, -0.1) is 0 Å². The maximum absolute atomic E-state index is 13.1. The van der Waals surface area contributed by atoms with Gasteiger partial charge in [0.15, 0.2) is 0 Å². The minimum atomic E-state index is -3.69. The molecule has 1 aliphatic carbocycles. The van der Waals surface area contributed by atoms with Gasteiger partial charge in [-0.2, -0.15) is 8.78 Å². The number of fused-ring (bicyclic) bond motifs is 1. The zero-order valence-electron chi connectivity index (χ0n) is 17.5. The fourth-order valence-electron chi connectivity index (χ4n) is 4.13. The Labute approximate surface area is 186 Å². The molecular formula is C23H26F2N2O4S. The Kier molecular flexibility index (Phi) is 7.20. The van der Waals surface area contributed by atoms with Gasteiger partial charge in [0, 0.05) is 25.7 Å². The lowest BCUT2D eigenvalue weighted by Crippen LogP contribution is -2.44. The van der Waals surface area contributed by atoms with Gasteiger partial charge in [0.05, 0.1) is 18.1 Å². The molecule has 0 amide bonds. The van der Waals surface area contributed by atoms with Gasteiger partial charge in [-0.3, -0.25) is 4.90 Å². The Hall–Kier alpha value is -2.33. The lowest BCUT2D eigenvalue weighted by Gasteiger charge is -2.35. The zero-order chi connectivity index (χ0) is 22.6. The second-order valence-corrected chi connectivity index (χ2v) is 9.60. The molecular weight excluding hydrogens is 438 g/mol. The predicted molar refractivity (Wildman–Crippen MR) is 118 cm³/mol. The summed E-state index contributed by atoms with van der Waals surface area (Å²) in [5.74, 6) is 0.0767. The van der Waals surface area contributed by atoms with Crippen LogP contribution in [-0.2, 0) is 21.2 Å². The van der Waals surface area contributed by atoms with Crippen LogP contribution >= 0.6 is 0 Å². The number of morpholine rings is 1. The van der Waals surface area contributed by atoms with E-state index in [1.54, 1.807) is 18.2 Å². The molecule has 1 aliphatic heterocycles. The lowest BCUT2D eigenvalue weighted by atomic mass is 9.97. The maximum atomic E-state index is 13.1. The minimum Gasteiger partial charge on any atom is -0.435 e. The van der Waals surface area contributed by atoms with Crippen molar-refractivity contribution in [1.29, 1.82) is 0 Å². The van der Waals surface area contributed by atoms with Crippen molar-refractivity contribution in [3.63, 3.8) is 0 Å². The van der Waals surface area contributed by atoms with Crippen molar-refractivity contribution >= 4 is 16.1 Å². The van der Waals surface area contributed by atoms with Gasteiger partial charge in [0.25, 0.3) is 0 Å². The molecule has 0 saturated carbocycles. The second-order valence-electron chi connectivity index (χ2n) is 7.78. The molecule has 1 unspecified atom stereocenters. The zero-order valence-corrected chi connectivity index (χ0v) is 18.4. The quantitative estimate of drug-likeness (QED) is 0.647. The van der Waals surface area contributed by atoms with E-state index in [0.29, 0.717) is 36.5 Å². The number of halogens is 2. The molecule has 1 heterocycles. The first-order valence-electron chi connectivity index (χ1n) is 10.6. The molecule has 1 saturated heterocycles. The van der Waals surface area contributed by atoms with Gasteiger partial charge in [-0.25, -0.2) is 13.1 Å². The topological polar surface area (TPSA) is 67.9 Å². The predicted octanol–water partition coefficient (Wildman–Crippen LogP) is 3.57. The highest BCUT2D eigenvalue weighted by Crippen LogP contribution is 2.30. The van der Waals surface area contributed by atoms with Gasteiger partial charge in [0.2, 0.25) is 10.0 Å². The molecule has 2 aliphatic rings. The van der Waals surface area contributed by atoms with Crippen LogP contribution in [0.25, 0.3) is 6.08 Å². The Bertz CT molecular complexity index is 1050. The van der Waals surface area contributed by atoms with Gasteiger partial charge in [-0.1, -0.05) is 36.4 Å². The first kappa shape index (κ1) is 22.8. The molecule has 1 N–H and O–H groups in total. The van der Waals surface area contributed by atoms with E-state index in [-0.39, 0.29) is 18.3 Å². The maximum Gasteiger partial charge on any atom is 0.387 e. The van der Waals surface area contributed by atoms with Gasteiger partial charge in [-0.05, 0) is 47.7 Å². The highest BCUT2D eigenvalue weighted by Gasteiger charge is 2.27. The fraction of sp³-hybridized carbons (Fsp3) is 0.391. The molecule has 9 heteroatoms. The van der Waals surface area contributed by atoms with E-state index in [4.69, 9.17) is 4.74 Å². The molecule has 0 radical (unpaired) electrons. The molecule has 0 aromatic heterocycles. The molecule has 0 bridgehead atoms. The van der Waals surface area contributed by atoms with Crippen LogP contribution in [0.3, 0.4) is 0 Å². The number of benzene rings is 2. The summed E-state index contributed by atoms with van der Waals surface area (Å²) in [4.78, 5) is 2.53. The Balaban J connectivity index is 1.50. The third kappa shape index (κ3) is 5.53. The van der Waals surface area contributed by atoms with Crippen LogP contribution in [0.1, 0.15) is 29.2 Å². The number of aryl methyl sites for hydroxylation is 1. The first-order valence-corrected chi connectivity index (χ1v) is 12.1. The number of nitrogens with one attached hydrogen (secondary N) is 1. The van der Waals surface area contributed by atoms with Crippen LogP contribution in [0.2, 0.25) is 0 Å². The van der Waals surface area contributed by atoms with Crippen molar-refractivity contribution in [1.82, 2.24) is 9.62 Å². The average molecular weight is 465 g/mol. The monoisotopic (exact) mass is 464 g/mol. The summed E-state index contributed by atoms with van der Waals surface area (Å²) < 4.78 is 63.7. The number of rotatable bonds is 8. The number of sulfonamides is 1. The Morgan fingerprint density at radius 3 is 2.53 bits per heavy atom. The molecule has 4 rings (SSSR count). The first-order chi connectivity index (χ1) is 15.4. The largest absolute Gasteiger partial charge is 0.435 e. The normalized spacial score (nSPS) is 18.2. The van der Waals surface area contributed by atoms with E-state index in [9.17, 15) is 17.2 Å². The number of hydrogen-bond donors (Lipinski definition) is 1. The van der Waals surface area contributed by atoms with Crippen molar-refractivity contribution in [2.75, 3.05) is 32.8 Å². The summed E-state index contributed by atoms with van der Waals surface area (Å²) in [6.07, 6.45) is 2.35. The molecule has 1 atom stereocenters. The molecule has 0 spiro atoms. The van der Waals surface area contributed by atoms with E-state index in [1.165, 1.54) is 6.07 Å². The number of ether oxygens (including phenoxy) is 2. The summed E-state index contributed by atoms with van der Waals surface area (Å²) >= 11 is 0.